The minimum atomic E-state index is 0.943. The number of unbranched alkanes of at least 4 members (excludes halogenated alkanes) is 5. The number of rotatable bonds is 9. The second kappa shape index (κ2) is 8.86. The average Bonchev–Trinajstić information content (AvgIpc) is 2.38. The molecule has 0 aliphatic rings. The highest BCUT2D eigenvalue weighted by molar-refractivity contribution is 5.27. The minimum absolute atomic E-state index is 0.943. The van der Waals surface area contributed by atoms with Gasteiger partial charge in [0.1, 0.15) is 5.75 Å². The summed E-state index contributed by atoms with van der Waals surface area (Å²) in [7, 11) is 1.71. The van der Waals surface area contributed by atoms with Gasteiger partial charge in [0.15, 0.2) is 0 Å². The van der Waals surface area contributed by atoms with Gasteiger partial charge in [0.05, 0.1) is 7.11 Å². The summed E-state index contributed by atoms with van der Waals surface area (Å²) in [6, 6.07) is 8.41. The third-order valence-electron chi connectivity index (χ3n) is 3.03. The highest BCUT2D eigenvalue weighted by Gasteiger charge is 1.95. The minimum Gasteiger partial charge on any atom is -0.497 e. The Morgan fingerprint density at radius 2 is 1.65 bits per heavy atom. The highest BCUT2D eigenvalue weighted by atomic mass is 16.5. The molecule has 1 heteroatoms. The molecule has 0 fully saturated rings. The zero-order valence-corrected chi connectivity index (χ0v) is 11.0. The number of hydrogen-bond acceptors (Lipinski definition) is 1. The van der Waals surface area contributed by atoms with Gasteiger partial charge in [0.2, 0.25) is 0 Å². The highest BCUT2D eigenvalue weighted by Crippen LogP contribution is 2.14. The Hall–Kier alpha value is -1.24. The molecule has 0 bridgehead atoms. The van der Waals surface area contributed by atoms with E-state index in [9.17, 15) is 0 Å². The summed E-state index contributed by atoms with van der Waals surface area (Å²) in [5.41, 5.74) is 1.41. The van der Waals surface area contributed by atoms with E-state index in [2.05, 4.69) is 18.7 Å². The molecule has 0 N–H and O–H groups in total. The fourth-order valence-electron chi connectivity index (χ4n) is 1.94. The fraction of sp³-hybridized carbons (Fsp3) is 0.500. The molecule has 0 amide bonds. The van der Waals surface area contributed by atoms with Crippen LogP contribution in [0.3, 0.4) is 0 Å². The topological polar surface area (TPSA) is 9.23 Å². The van der Waals surface area contributed by atoms with Crippen molar-refractivity contribution in [3.05, 3.63) is 42.5 Å². The van der Waals surface area contributed by atoms with E-state index in [1.807, 2.05) is 18.2 Å². The van der Waals surface area contributed by atoms with Crippen molar-refractivity contribution in [3.63, 3.8) is 0 Å². The predicted molar refractivity (Wildman–Crippen MR) is 74.6 cm³/mol. The van der Waals surface area contributed by atoms with Gasteiger partial charge >= 0.3 is 0 Å². The van der Waals surface area contributed by atoms with Crippen molar-refractivity contribution in [3.8, 4) is 5.75 Å². The SMILES string of the molecule is C=CCCCCCCCc1ccc(OC)cc1. The molecular formula is C16H24O. The molecule has 1 rings (SSSR count). The van der Waals surface area contributed by atoms with Crippen molar-refractivity contribution in [2.75, 3.05) is 7.11 Å². The molecule has 0 spiro atoms. The largest absolute Gasteiger partial charge is 0.497 e. The zero-order valence-electron chi connectivity index (χ0n) is 11.0. The first kappa shape index (κ1) is 13.8. The average molecular weight is 232 g/mol. The summed E-state index contributed by atoms with van der Waals surface area (Å²) < 4.78 is 5.14. The third kappa shape index (κ3) is 6.15. The molecule has 0 aliphatic carbocycles. The van der Waals surface area contributed by atoms with Crippen molar-refractivity contribution in [2.45, 2.75) is 44.9 Å². The lowest BCUT2D eigenvalue weighted by Gasteiger charge is -2.03. The van der Waals surface area contributed by atoms with Crippen LogP contribution in [0, 0.1) is 0 Å². The van der Waals surface area contributed by atoms with Gasteiger partial charge in [-0.05, 0) is 43.4 Å². The maximum absolute atomic E-state index is 5.14. The predicted octanol–water partition coefficient (Wildman–Crippen LogP) is 4.76. The second-order valence-corrected chi connectivity index (χ2v) is 4.44. The van der Waals surface area contributed by atoms with E-state index in [-0.39, 0.29) is 0 Å². The number of allylic oxidation sites excluding steroid dienone is 1. The van der Waals surface area contributed by atoms with Crippen molar-refractivity contribution in [1.82, 2.24) is 0 Å². The van der Waals surface area contributed by atoms with Crippen LogP contribution in [-0.2, 0) is 6.42 Å². The number of ether oxygens (including phenoxy) is 1. The molecule has 94 valence electrons. The Morgan fingerprint density at radius 3 is 2.29 bits per heavy atom. The smallest absolute Gasteiger partial charge is 0.118 e. The van der Waals surface area contributed by atoms with E-state index in [0.29, 0.717) is 0 Å². The first-order valence-corrected chi connectivity index (χ1v) is 6.60. The normalized spacial score (nSPS) is 10.2. The van der Waals surface area contributed by atoms with E-state index in [1.54, 1.807) is 7.11 Å². The Kier molecular flexibility index (Phi) is 7.20. The van der Waals surface area contributed by atoms with Crippen molar-refractivity contribution in [1.29, 1.82) is 0 Å². The van der Waals surface area contributed by atoms with Crippen LogP contribution in [-0.4, -0.2) is 7.11 Å². The third-order valence-corrected chi connectivity index (χ3v) is 3.03. The van der Waals surface area contributed by atoms with Gasteiger partial charge in [0.25, 0.3) is 0 Å². The number of aryl methyl sites for hydroxylation is 1. The Balaban J connectivity index is 2.07. The van der Waals surface area contributed by atoms with Crippen LogP contribution in [0.4, 0.5) is 0 Å². The quantitative estimate of drug-likeness (QED) is 0.440. The van der Waals surface area contributed by atoms with E-state index in [1.165, 1.54) is 50.5 Å². The molecule has 1 aromatic rings. The molecule has 0 unspecified atom stereocenters. The summed E-state index contributed by atoms with van der Waals surface area (Å²) in [6.07, 6.45) is 11.0. The van der Waals surface area contributed by atoms with Crippen LogP contribution in [0.2, 0.25) is 0 Å². The lowest BCUT2D eigenvalue weighted by atomic mass is 10.0. The molecule has 0 aliphatic heterocycles. The van der Waals surface area contributed by atoms with Gasteiger partial charge in [-0.15, -0.1) is 6.58 Å². The van der Waals surface area contributed by atoms with E-state index >= 15 is 0 Å². The van der Waals surface area contributed by atoms with Crippen LogP contribution in [0.1, 0.15) is 44.1 Å². The Morgan fingerprint density at radius 1 is 1.00 bits per heavy atom. The second-order valence-electron chi connectivity index (χ2n) is 4.44. The molecular weight excluding hydrogens is 208 g/mol. The molecule has 0 heterocycles. The van der Waals surface area contributed by atoms with Gasteiger partial charge in [-0.3, -0.25) is 0 Å². The van der Waals surface area contributed by atoms with E-state index in [0.717, 1.165) is 5.75 Å². The zero-order chi connectivity index (χ0) is 12.3. The summed E-state index contributed by atoms with van der Waals surface area (Å²) in [5, 5.41) is 0. The fourth-order valence-corrected chi connectivity index (χ4v) is 1.94. The summed E-state index contributed by atoms with van der Waals surface area (Å²) in [6.45, 7) is 3.74. The Bertz CT molecular complexity index is 300. The van der Waals surface area contributed by atoms with Crippen molar-refractivity contribution >= 4 is 0 Å². The first-order chi connectivity index (χ1) is 8.36. The lowest BCUT2D eigenvalue weighted by Crippen LogP contribution is -1.87. The standard InChI is InChI=1S/C16H24O/c1-3-4-5-6-7-8-9-10-15-11-13-16(17-2)14-12-15/h3,11-14H,1,4-10H2,2H3. The maximum atomic E-state index is 5.14. The van der Waals surface area contributed by atoms with Gasteiger partial charge in [-0.2, -0.15) is 0 Å². The molecule has 0 radical (unpaired) electrons. The summed E-state index contributed by atoms with van der Waals surface area (Å²) >= 11 is 0. The van der Waals surface area contributed by atoms with Crippen LogP contribution in [0.5, 0.6) is 5.75 Å². The lowest BCUT2D eigenvalue weighted by molar-refractivity contribution is 0.414. The molecule has 0 aromatic heterocycles. The van der Waals surface area contributed by atoms with E-state index in [4.69, 9.17) is 4.74 Å². The molecule has 1 nitrogen and oxygen atoms in total. The molecule has 0 saturated heterocycles. The molecule has 1 aromatic carbocycles. The first-order valence-electron chi connectivity index (χ1n) is 6.60. The van der Waals surface area contributed by atoms with Crippen LogP contribution >= 0.6 is 0 Å². The van der Waals surface area contributed by atoms with Gasteiger partial charge in [-0.25, -0.2) is 0 Å². The van der Waals surface area contributed by atoms with Crippen molar-refractivity contribution < 1.29 is 4.74 Å². The van der Waals surface area contributed by atoms with Gasteiger partial charge in [-0.1, -0.05) is 37.5 Å². The maximum Gasteiger partial charge on any atom is 0.118 e. The van der Waals surface area contributed by atoms with Crippen LogP contribution < -0.4 is 4.74 Å². The summed E-state index contributed by atoms with van der Waals surface area (Å²) in [4.78, 5) is 0. The Labute approximate surface area is 106 Å². The molecule has 0 saturated carbocycles. The monoisotopic (exact) mass is 232 g/mol. The van der Waals surface area contributed by atoms with Gasteiger partial charge in [0, 0.05) is 0 Å². The van der Waals surface area contributed by atoms with Crippen LogP contribution in [0.15, 0.2) is 36.9 Å². The summed E-state index contributed by atoms with van der Waals surface area (Å²) in [5.74, 6) is 0.943. The number of benzene rings is 1. The van der Waals surface area contributed by atoms with Crippen LogP contribution in [0.25, 0.3) is 0 Å². The van der Waals surface area contributed by atoms with Gasteiger partial charge < -0.3 is 4.74 Å². The molecule has 17 heavy (non-hydrogen) atoms. The van der Waals surface area contributed by atoms with Crippen molar-refractivity contribution in [2.24, 2.45) is 0 Å². The van der Waals surface area contributed by atoms with E-state index < -0.39 is 0 Å². The number of hydrogen-bond donors (Lipinski definition) is 0. The number of methoxy groups -OCH3 is 1. The molecule has 0 atom stereocenters.